The maximum atomic E-state index is 13.1. The van der Waals surface area contributed by atoms with Crippen LogP contribution in [0.15, 0.2) is 54.6 Å². The van der Waals surface area contributed by atoms with Crippen LogP contribution in [0, 0.1) is 5.82 Å². The van der Waals surface area contributed by atoms with E-state index in [1.165, 1.54) is 12.1 Å². The van der Waals surface area contributed by atoms with Crippen molar-refractivity contribution in [3.05, 3.63) is 66.0 Å². The molecule has 0 bridgehead atoms. The third kappa shape index (κ3) is 3.80. The van der Waals surface area contributed by atoms with Gasteiger partial charge in [-0.2, -0.15) is 0 Å². The van der Waals surface area contributed by atoms with Crippen molar-refractivity contribution < 1.29 is 9.50 Å². The summed E-state index contributed by atoms with van der Waals surface area (Å²) in [5, 5.41) is 13.5. The second-order valence-electron chi connectivity index (χ2n) is 5.07. The molecule has 0 aliphatic rings. The molecule has 4 heteroatoms. The molecule has 2 aromatic carbocycles. The van der Waals surface area contributed by atoms with E-state index in [2.05, 4.69) is 5.32 Å². The Morgan fingerprint density at radius 2 is 1.71 bits per heavy atom. The van der Waals surface area contributed by atoms with Gasteiger partial charge in [-0.15, -0.1) is 0 Å². The van der Waals surface area contributed by atoms with Crippen LogP contribution in [0.25, 0.3) is 0 Å². The standard InChI is InChI=1S/C17H21FN2O/c1-19-12-16(21)17(13-6-4-3-5-7-13)20(2)15-10-8-14(18)9-11-15/h3-11,16-17,19,21H,12H2,1-2H3. The molecule has 0 radical (unpaired) electrons. The summed E-state index contributed by atoms with van der Waals surface area (Å²) in [5.74, 6) is -0.265. The molecule has 0 fully saturated rings. The van der Waals surface area contributed by atoms with Gasteiger partial charge in [0.25, 0.3) is 0 Å². The van der Waals surface area contributed by atoms with Gasteiger partial charge in [-0.25, -0.2) is 4.39 Å². The van der Waals surface area contributed by atoms with Gasteiger partial charge in [0.2, 0.25) is 0 Å². The molecule has 0 aliphatic heterocycles. The number of nitrogens with zero attached hydrogens (tertiary/aromatic N) is 1. The van der Waals surface area contributed by atoms with E-state index in [1.807, 2.05) is 49.3 Å². The van der Waals surface area contributed by atoms with E-state index in [0.29, 0.717) is 6.54 Å². The number of hydrogen-bond donors (Lipinski definition) is 2. The SMILES string of the molecule is CNCC(O)C(c1ccccc1)N(C)c1ccc(F)cc1. The number of nitrogens with one attached hydrogen (secondary N) is 1. The molecule has 2 unspecified atom stereocenters. The zero-order chi connectivity index (χ0) is 15.2. The van der Waals surface area contributed by atoms with Crippen LogP contribution < -0.4 is 10.2 Å². The van der Waals surface area contributed by atoms with E-state index < -0.39 is 6.10 Å². The lowest BCUT2D eigenvalue weighted by Gasteiger charge is -2.34. The zero-order valence-corrected chi connectivity index (χ0v) is 12.3. The molecular formula is C17H21FN2O. The van der Waals surface area contributed by atoms with E-state index in [9.17, 15) is 9.50 Å². The second-order valence-corrected chi connectivity index (χ2v) is 5.07. The van der Waals surface area contributed by atoms with Gasteiger partial charge in [-0.1, -0.05) is 30.3 Å². The Balaban J connectivity index is 2.32. The molecule has 3 nitrogen and oxygen atoms in total. The van der Waals surface area contributed by atoms with Crippen molar-refractivity contribution in [3.63, 3.8) is 0 Å². The van der Waals surface area contributed by atoms with Gasteiger partial charge in [0.1, 0.15) is 5.82 Å². The Hall–Kier alpha value is -1.91. The van der Waals surface area contributed by atoms with Gasteiger partial charge < -0.3 is 15.3 Å². The minimum atomic E-state index is -0.576. The highest BCUT2D eigenvalue weighted by Gasteiger charge is 2.25. The summed E-state index contributed by atoms with van der Waals surface area (Å²) in [6.07, 6.45) is -0.576. The summed E-state index contributed by atoms with van der Waals surface area (Å²) in [6, 6.07) is 15.9. The third-order valence-corrected chi connectivity index (χ3v) is 3.57. The van der Waals surface area contributed by atoms with Crippen molar-refractivity contribution in [1.29, 1.82) is 0 Å². The normalized spacial score (nSPS) is 13.7. The van der Waals surface area contributed by atoms with Crippen molar-refractivity contribution >= 4 is 5.69 Å². The van der Waals surface area contributed by atoms with E-state index in [-0.39, 0.29) is 11.9 Å². The molecule has 0 aliphatic carbocycles. The minimum Gasteiger partial charge on any atom is -0.389 e. The number of halogens is 1. The first kappa shape index (κ1) is 15.5. The van der Waals surface area contributed by atoms with Gasteiger partial charge in [-0.3, -0.25) is 0 Å². The average molecular weight is 288 g/mol. The van der Waals surface area contributed by atoms with Crippen LogP contribution in [-0.4, -0.2) is 31.9 Å². The average Bonchev–Trinajstić information content (AvgIpc) is 2.49. The molecule has 2 N–H and O–H groups in total. The van der Waals surface area contributed by atoms with Crippen molar-refractivity contribution in [2.45, 2.75) is 12.1 Å². The highest BCUT2D eigenvalue weighted by atomic mass is 19.1. The molecule has 0 saturated carbocycles. The first-order valence-electron chi connectivity index (χ1n) is 6.99. The molecule has 0 amide bonds. The highest BCUT2D eigenvalue weighted by Crippen LogP contribution is 2.28. The number of aliphatic hydroxyl groups excluding tert-OH is 1. The van der Waals surface area contributed by atoms with Crippen molar-refractivity contribution in [2.24, 2.45) is 0 Å². The maximum absolute atomic E-state index is 13.1. The molecule has 0 heterocycles. The van der Waals surface area contributed by atoms with Crippen LogP contribution in [-0.2, 0) is 0 Å². The predicted octanol–water partition coefficient (Wildman–Crippen LogP) is 2.58. The van der Waals surface area contributed by atoms with Gasteiger partial charge in [-0.05, 0) is 36.9 Å². The molecule has 2 rings (SSSR count). The topological polar surface area (TPSA) is 35.5 Å². The summed E-state index contributed by atoms with van der Waals surface area (Å²) in [5.41, 5.74) is 1.88. The fourth-order valence-corrected chi connectivity index (χ4v) is 2.51. The second kappa shape index (κ2) is 7.20. The van der Waals surface area contributed by atoms with Crippen molar-refractivity contribution in [2.75, 3.05) is 25.5 Å². The Labute approximate surface area is 125 Å². The quantitative estimate of drug-likeness (QED) is 0.857. The first-order valence-corrected chi connectivity index (χ1v) is 6.99. The van der Waals surface area contributed by atoms with E-state index >= 15 is 0 Å². The molecule has 0 spiro atoms. The lowest BCUT2D eigenvalue weighted by molar-refractivity contribution is 0.142. The lowest BCUT2D eigenvalue weighted by Crippen LogP contribution is -2.39. The van der Waals surface area contributed by atoms with E-state index in [0.717, 1.165) is 11.3 Å². The molecule has 0 aromatic heterocycles. The number of hydrogen-bond acceptors (Lipinski definition) is 3. The Morgan fingerprint density at radius 1 is 1.10 bits per heavy atom. The fourth-order valence-electron chi connectivity index (χ4n) is 2.51. The smallest absolute Gasteiger partial charge is 0.123 e. The molecule has 112 valence electrons. The monoisotopic (exact) mass is 288 g/mol. The molecule has 21 heavy (non-hydrogen) atoms. The van der Waals surface area contributed by atoms with E-state index in [4.69, 9.17) is 0 Å². The van der Waals surface area contributed by atoms with Crippen LogP contribution in [0.1, 0.15) is 11.6 Å². The third-order valence-electron chi connectivity index (χ3n) is 3.57. The maximum Gasteiger partial charge on any atom is 0.123 e. The minimum absolute atomic E-state index is 0.205. The van der Waals surface area contributed by atoms with Crippen LogP contribution in [0.5, 0.6) is 0 Å². The van der Waals surface area contributed by atoms with Gasteiger partial charge in [0.15, 0.2) is 0 Å². The van der Waals surface area contributed by atoms with Crippen LogP contribution in [0.3, 0.4) is 0 Å². The Bertz CT molecular complexity index is 544. The number of likely N-dealkylation sites (N-methyl/N-ethyl adjacent to an activating group) is 2. The van der Waals surface area contributed by atoms with Gasteiger partial charge in [0, 0.05) is 19.3 Å². The first-order chi connectivity index (χ1) is 10.1. The van der Waals surface area contributed by atoms with Gasteiger partial charge in [0.05, 0.1) is 12.1 Å². The van der Waals surface area contributed by atoms with Crippen LogP contribution >= 0.6 is 0 Å². The predicted molar refractivity (Wildman–Crippen MR) is 83.9 cm³/mol. The van der Waals surface area contributed by atoms with Crippen LogP contribution in [0.4, 0.5) is 10.1 Å². The molecule has 0 saturated heterocycles. The largest absolute Gasteiger partial charge is 0.389 e. The Morgan fingerprint density at radius 3 is 2.29 bits per heavy atom. The lowest BCUT2D eigenvalue weighted by atomic mass is 9.99. The summed E-state index contributed by atoms with van der Waals surface area (Å²) < 4.78 is 13.1. The Kier molecular flexibility index (Phi) is 5.31. The zero-order valence-electron chi connectivity index (χ0n) is 12.3. The van der Waals surface area contributed by atoms with Gasteiger partial charge >= 0.3 is 0 Å². The number of aliphatic hydroxyl groups is 1. The number of benzene rings is 2. The molecule has 2 aromatic rings. The number of anilines is 1. The summed E-state index contributed by atoms with van der Waals surface area (Å²) in [7, 11) is 3.72. The van der Waals surface area contributed by atoms with Crippen LogP contribution in [0.2, 0.25) is 0 Å². The summed E-state index contributed by atoms with van der Waals surface area (Å²) in [6.45, 7) is 0.477. The number of rotatable bonds is 6. The fraction of sp³-hybridized carbons (Fsp3) is 0.294. The highest BCUT2D eigenvalue weighted by molar-refractivity contribution is 5.48. The van der Waals surface area contributed by atoms with E-state index in [1.54, 1.807) is 12.1 Å². The van der Waals surface area contributed by atoms with Crippen molar-refractivity contribution in [1.82, 2.24) is 5.32 Å². The van der Waals surface area contributed by atoms with Crippen molar-refractivity contribution in [3.8, 4) is 0 Å². The molecular weight excluding hydrogens is 267 g/mol. The summed E-state index contributed by atoms with van der Waals surface area (Å²) >= 11 is 0. The molecule has 2 atom stereocenters. The summed E-state index contributed by atoms with van der Waals surface area (Å²) in [4.78, 5) is 1.97.